The number of likely N-dealkylation sites (tertiary alicyclic amines) is 1. The Morgan fingerprint density at radius 3 is 2.21 bits per heavy atom. The molecule has 1 saturated heterocycles. The number of sulfone groups is 1. The summed E-state index contributed by atoms with van der Waals surface area (Å²) in [6, 6.07) is 5.71. The Hall–Kier alpha value is -1.01. The highest BCUT2D eigenvalue weighted by atomic mass is 32.2. The van der Waals surface area contributed by atoms with Crippen molar-refractivity contribution in [2.75, 3.05) is 6.54 Å². The summed E-state index contributed by atoms with van der Waals surface area (Å²) in [5, 5.41) is 0. The van der Waals surface area contributed by atoms with E-state index in [1.54, 1.807) is 12.1 Å². The van der Waals surface area contributed by atoms with Gasteiger partial charge in [0.2, 0.25) is 9.84 Å². The van der Waals surface area contributed by atoms with Crippen LogP contribution in [0, 0.1) is 0 Å². The van der Waals surface area contributed by atoms with E-state index in [-0.39, 0.29) is 10.4 Å². The van der Waals surface area contributed by atoms with Crippen molar-refractivity contribution >= 4 is 9.84 Å². The molecule has 19 heavy (non-hydrogen) atoms. The molecule has 0 N–H and O–H groups in total. The van der Waals surface area contributed by atoms with Gasteiger partial charge < -0.3 is 0 Å². The molecule has 1 aromatic rings. The number of hydrogen-bond acceptors (Lipinski definition) is 3. The molecule has 0 radical (unpaired) electrons. The molecule has 0 spiro atoms. The number of hydrogen-bond donors (Lipinski definition) is 0. The molecule has 0 saturated carbocycles. The van der Waals surface area contributed by atoms with Crippen LogP contribution in [-0.4, -0.2) is 31.2 Å². The molecule has 1 fully saturated rings. The predicted molar refractivity (Wildman–Crippen MR) is 68.7 cm³/mol. The van der Waals surface area contributed by atoms with Gasteiger partial charge in [0, 0.05) is 18.6 Å². The van der Waals surface area contributed by atoms with Crippen LogP contribution in [-0.2, 0) is 16.4 Å². The molecule has 1 aliphatic rings. The first-order chi connectivity index (χ1) is 8.73. The summed E-state index contributed by atoms with van der Waals surface area (Å²) in [7, 11) is -4.48. The number of halogens is 2. The minimum atomic E-state index is -4.48. The summed E-state index contributed by atoms with van der Waals surface area (Å²) < 4.78 is 47.3. The van der Waals surface area contributed by atoms with E-state index in [1.165, 1.54) is 12.1 Å². The first kappa shape index (κ1) is 14.4. The third kappa shape index (κ3) is 2.79. The Morgan fingerprint density at radius 2 is 1.84 bits per heavy atom. The maximum atomic E-state index is 12.4. The maximum absolute atomic E-state index is 12.4. The lowest BCUT2D eigenvalue weighted by Gasteiger charge is -2.48. The zero-order valence-electron chi connectivity index (χ0n) is 10.9. The van der Waals surface area contributed by atoms with E-state index in [4.69, 9.17) is 0 Å². The van der Waals surface area contributed by atoms with Crippen molar-refractivity contribution in [1.82, 2.24) is 4.90 Å². The molecule has 2 rings (SSSR count). The topological polar surface area (TPSA) is 37.4 Å². The lowest BCUT2D eigenvalue weighted by molar-refractivity contribution is 0.00793. The zero-order valence-corrected chi connectivity index (χ0v) is 11.8. The molecule has 6 heteroatoms. The number of alkyl halides is 2. The smallest absolute Gasteiger partial charge is 0.294 e. The zero-order chi connectivity index (χ0) is 14.3. The molecule has 0 aliphatic carbocycles. The van der Waals surface area contributed by atoms with Crippen molar-refractivity contribution in [3.63, 3.8) is 0 Å². The van der Waals surface area contributed by atoms with Gasteiger partial charge in [-0.25, -0.2) is 8.42 Å². The fourth-order valence-corrected chi connectivity index (χ4v) is 2.84. The Balaban J connectivity index is 2.12. The average Bonchev–Trinajstić information content (AvgIpc) is 2.35. The molecule has 3 nitrogen and oxygen atoms in total. The molecular formula is C13H17F2NO2S. The van der Waals surface area contributed by atoms with Crippen LogP contribution in [0.1, 0.15) is 25.8 Å². The first-order valence-electron chi connectivity index (χ1n) is 6.09. The van der Waals surface area contributed by atoms with Crippen molar-refractivity contribution in [3.8, 4) is 0 Å². The van der Waals surface area contributed by atoms with Gasteiger partial charge in [0.1, 0.15) is 0 Å². The molecule has 1 aliphatic heterocycles. The SMILES string of the molecule is CC1(C)CCN1Cc1ccc(S(=O)(=O)C(F)F)cc1. The van der Waals surface area contributed by atoms with Crippen LogP contribution in [0.2, 0.25) is 0 Å². The molecule has 1 heterocycles. The Kier molecular flexibility index (Phi) is 3.66. The lowest BCUT2D eigenvalue weighted by atomic mass is 9.88. The fraction of sp³-hybridized carbons (Fsp3) is 0.538. The summed E-state index contributed by atoms with van der Waals surface area (Å²) in [4.78, 5) is 1.94. The third-order valence-electron chi connectivity index (χ3n) is 3.71. The summed E-state index contributed by atoms with van der Waals surface area (Å²) in [6.07, 6.45) is 1.13. The van der Waals surface area contributed by atoms with Gasteiger partial charge >= 0.3 is 5.76 Å². The highest BCUT2D eigenvalue weighted by Gasteiger charge is 2.35. The third-order valence-corrected chi connectivity index (χ3v) is 5.11. The van der Waals surface area contributed by atoms with Gasteiger partial charge in [-0.3, -0.25) is 4.90 Å². The summed E-state index contributed by atoms with van der Waals surface area (Å²) >= 11 is 0. The second-order valence-corrected chi connectivity index (χ2v) is 7.35. The number of rotatable bonds is 4. The second-order valence-electron chi connectivity index (χ2n) is 5.43. The van der Waals surface area contributed by atoms with E-state index < -0.39 is 15.6 Å². The van der Waals surface area contributed by atoms with Crippen molar-refractivity contribution in [3.05, 3.63) is 29.8 Å². The first-order valence-corrected chi connectivity index (χ1v) is 7.64. The minimum Gasteiger partial charge on any atom is -0.294 e. The van der Waals surface area contributed by atoms with Crippen LogP contribution in [0.5, 0.6) is 0 Å². The fourth-order valence-electron chi connectivity index (χ4n) is 2.12. The van der Waals surface area contributed by atoms with Gasteiger partial charge in [0.05, 0.1) is 4.90 Å². The van der Waals surface area contributed by atoms with Crippen LogP contribution in [0.15, 0.2) is 29.2 Å². The van der Waals surface area contributed by atoms with Crippen LogP contribution >= 0.6 is 0 Å². The molecule has 0 bridgehead atoms. The van der Waals surface area contributed by atoms with Gasteiger partial charge in [-0.05, 0) is 38.0 Å². The van der Waals surface area contributed by atoms with E-state index in [2.05, 4.69) is 18.7 Å². The largest absolute Gasteiger partial charge is 0.341 e. The molecule has 0 atom stereocenters. The number of nitrogens with zero attached hydrogens (tertiary/aromatic N) is 1. The quantitative estimate of drug-likeness (QED) is 0.855. The lowest BCUT2D eigenvalue weighted by Crippen LogP contribution is -2.54. The minimum absolute atomic E-state index is 0.160. The van der Waals surface area contributed by atoms with Gasteiger partial charge in [-0.2, -0.15) is 8.78 Å². The van der Waals surface area contributed by atoms with Crippen molar-refractivity contribution in [1.29, 1.82) is 0 Å². The molecule has 0 aromatic heterocycles. The average molecular weight is 289 g/mol. The van der Waals surface area contributed by atoms with Crippen LogP contribution in [0.3, 0.4) is 0 Å². The summed E-state index contributed by atoms with van der Waals surface area (Å²) in [6.45, 7) is 6.00. The van der Waals surface area contributed by atoms with E-state index in [1.807, 2.05) is 0 Å². The molecule has 1 aromatic carbocycles. The number of benzene rings is 1. The predicted octanol–water partition coefficient (Wildman–Crippen LogP) is 2.67. The van der Waals surface area contributed by atoms with Crippen molar-refractivity contribution < 1.29 is 17.2 Å². The van der Waals surface area contributed by atoms with E-state index in [0.29, 0.717) is 6.54 Å². The molecule has 106 valence electrons. The van der Waals surface area contributed by atoms with Crippen LogP contribution in [0.25, 0.3) is 0 Å². The highest BCUT2D eigenvalue weighted by Crippen LogP contribution is 2.31. The van der Waals surface area contributed by atoms with Gasteiger partial charge in [0.15, 0.2) is 0 Å². The Morgan fingerprint density at radius 1 is 1.26 bits per heavy atom. The Labute approximate surface area is 112 Å². The molecule has 0 unspecified atom stereocenters. The normalized spacial score (nSPS) is 19.4. The van der Waals surface area contributed by atoms with Crippen LogP contribution in [0.4, 0.5) is 8.78 Å². The Bertz CT molecular complexity index is 553. The van der Waals surface area contributed by atoms with Crippen LogP contribution < -0.4 is 0 Å². The standard InChI is InChI=1S/C13H17F2NO2S/c1-13(2)7-8-16(13)9-10-3-5-11(6-4-10)19(17,18)12(14)15/h3-6,12H,7-9H2,1-2H3. The maximum Gasteiger partial charge on any atom is 0.341 e. The van der Waals surface area contributed by atoms with Gasteiger partial charge in [-0.1, -0.05) is 12.1 Å². The highest BCUT2D eigenvalue weighted by molar-refractivity contribution is 7.91. The summed E-state index contributed by atoms with van der Waals surface area (Å²) in [5.74, 6) is -3.37. The second kappa shape index (κ2) is 4.83. The van der Waals surface area contributed by atoms with E-state index in [9.17, 15) is 17.2 Å². The molecule has 0 amide bonds. The molecular weight excluding hydrogens is 272 g/mol. The van der Waals surface area contributed by atoms with E-state index in [0.717, 1.165) is 18.5 Å². The van der Waals surface area contributed by atoms with Crippen molar-refractivity contribution in [2.45, 2.75) is 43.0 Å². The van der Waals surface area contributed by atoms with Gasteiger partial charge in [-0.15, -0.1) is 0 Å². The van der Waals surface area contributed by atoms with Crippen molar-refractivity contribution in [2.24, 2.45) is 0 Å². The summed E-state index contributed by atoms with van der Waals surface area (Å²) in [5.41, 5.74) is 1.09. The van der Waals surface area contributed by atoms with Gasteiger partial charge in [0.25, 0.3) is 0 Å². The van der Waals surface area contributed by atoms with E-state index >= 15 is 0 Å². The monoisotopic (exact) mass is 289 g/mol.